The highest BCUT2D eigenvalue weighted by molar-refractivity contribution is 5.58. The minimum Gasteiger partial charge on any atom is -0.342 e. The van der Waals surface area contributed by atoms with Gasteiger partial charge in [-0.3, -0.25) is 0 Å². The fourth-order valence-electron chi connectivity index (χ4n) is 1.66. The molecule has 0 aliphatic heterocycles. The van der Waals surface area contributed by atoms with Crippen molar-refractivity contribution in [2.75, 3.05) is 0 Å². The number of halogens is 1. The van der Waals surface area contributed by atoms with E-state index in [2.05, 4.69) is 9.97 Å². The molecule has 0 aliphatic carbocycles. The summed E-state index contributed by atoms with van der Waals surface area (Å²) in [5.41, 5.74) is 7.33. The molecule has 1 unspecified atom stereocenters. The Hall–Kier alpha value is -1.68. The van der Waals surface area contributed by atoms with Crippen LogP contribution in [0.15, 0.2) is 30.5 Å². The van der Waals surface area contributed by atoms with Crippen LogP contribution in [0.4, 0.5) is 4.39 Å². The van der Waals surface area contributed by atoms with Crippen molar-refractivity contribution < 1.29 is 4.39 Å². The third kappa shape index (κ3) is 3.14. The fraction of sp³-hybridized carbons (Fsp3) is 0.308. The third-order valence-electron chi connectivity index (χ3n) is 2.60. The van der Waals surface area contributed by atoms with Gasteiger partial charge in [-0.1, -0.05) is 12.1 Å². The van der Waals surface area contributed by atoms with Crippen LogP contribution < -0.4 is 5.73 Å². The van der Waals surface area contributed by atoms with E-state index in [4.69, 9.17) is 5.73 Å². The summed E-state index contributed by atoms with van der Waals surface area (Å²) in [6.45, 7) is 1.97. The first-order chi connectivity index (χ1) is 8.15. The molecule has 0 saturated carbocycles. The van der Waals surface area contributed by atoms with E-state index in [9.17, 15) is 4.39 Å². The Morgan fingerprint density at radius 3 is 3.00 bits per heavy atom. The van der Waals surface area contributed by atoms with Crippen molar-refractivity contribution in [1.82, 2.24) is 9.97 Å². The van der Waals surface area contributed by atoms with Crippen molar-refractivity contribution in [2.45, 2.75) is 25.8 Å². The summed E-state index contributed by atoms with van der Waals surface area (Å²) in [5, 5.41) is 0. The number of nitrogens with two attached hydrogens (primary N) is 1. The van der Waals surface area contributed by atoms with E-state index >= 15 is 0 Å². The Labute approximate surface area is 99.9 Å². The summed E-state index contributed by atoms with van der Waals surface area (Å²) in [5.74, 6) is 0.649. The van der Waals surface area contributed by atoms with Crippen molar-refractivity contribution in [2.24, 2.45) is 5.73 Å². The Balaban J connectivity index is 2.12. The average Bonchev–Trinajstić information content (AvgIpc) is 2.75. The molecule has 0 aliphatic rings. The monoisotopic (exact) mass is 233 g/mol. The lowest BCUT2D eigenvalue weighted by Crippen LogP contribution is -2.15. The van der Waals surface area contributed by atoms with Crippen molar-refractivity contribution in [3.63, 3.8) is 0 Å². The van der Waals surface area contributed by atoms with Crippen LogP contribution in [0.3, 0.4) is 0 Å². The molecule has 0 bridgehead atoms. The lowest BCUT2D eigenvalue weighted by Gasteiger charge is -2.01. The molecule has 1 aromatic carbocycles. The number of benzene rings is 1. The van der Waals surface area contributed by atoms with Gasteiger partial charge in [0.15, 0.2) is 0 Å². The number of hydrogen-bond donors (Lipinski definition) is 2. The molecule has 0 saturated heterocycles. The Kier molecular flexibility index (Phi) is 3.54. The highest BCUT2D eigenvalue weighted by Crippen LogP contribution is 2.18. The highest BCUT2D eigenvalue weighted by Gasteiger charge is 2.05. The number of H-pyrrole nitrogens is 1. The van der Waals surface area contributed by atoms with Crippen molar-refractivity contribution in [3.8, 4) is 11.3 Å². The summed E-state index contributed by atoms with van der Waals surface area (Å²) in [6, 6.07) is 6.62. The van der Waals surface area contributed by atoms with Crippen LogP contribution in [0.5, 0.6) is 0 Å². The number of aromatic nitrogens is 2. The number of nitrogens with one attached hydrogen (secondary N) is 1. The van der Waals surface area contributed by atoms with E-state index in [0.29, 0.717) is 0 Å². The van der Waals surface area contributed by atoms with Crippen molar-refractivity contribution >= 4 is 0 Å². The largest absolute Gasteiger partial charge is 0.342 e. The molecule has 1 aromatic heterocycles. The van der Waals surface area contributed by atoms with Gasteiger partial charge in [0.1, 0.15) is 11.6 Å². The molecule has 3 N–H and O–H groups in total. The van der Waals surface area contributed by atoms with Gasteiger partial charge >= 0.3 is 0 Å². The van der Waals surface area contributed by atoms with Gasteiger partial charge in [0.05, 0.1) is 11.9 Å². The smallest absolute Gasteiger partial charge is 0.123 e. The van der Waals surface area contributed by atoms with Gasteiger partial charge in [-0.2, -0.15) is 0 Å². The summed E-state index contributed by atoms with van der Waals surface area (Å²) in [4.78, 5) is 7.44. The number of rotatable bonds is 4. The molecule has 1 heterocycles. The van der Waals surface area contributed by atoms with E-state index in [1.54, 1.807) is 12.3 Å². The molecule has 0 fully saturated rings. The Bertz CT molecular complexity index is 491. The van der Waals surface area contributed by atoms with Gasteiger partial charge in [-0.15, -0.1) is 0 Å². The summed E-state index contributed by atoms with van der Waals surface area (Å²) in [6.07, 6.45) is 3.42. The lowest BCUT2D eigenvalue weighted by atomic mass is 10.1. The molecule has 1 atom stereocenters. The molecule has 0 radical (unpaired) electrons. The molecule has 90 valence electrons. The van der Waals surface area contributed by atoms with Gasteiger partial charge in [-0.05, 0) is 25.5 Å². The summed E-state index contributed by atoms with van der Waals surface area (Å²) < 4.78 is 13.1. The van der Waals surface area contributed by atoms with Crippen LogP contribution in [0, 0.1) is 5.82 Å². The van der Waals surface area contributed by atoms with E-state index in [-0.39, 0.29) is 11.9 Å². The van der Waals surface area contributed by atoms with Crippen LogP contribution in [0.1, 0.15) is 19.2 Å². The zero-order valence-corrected chi connectivity index (χ0v) is 9.78. The van der Waals surface area contributed by atoms with Crippen molar-refractivity contribution in [1.29, 1.82) is 0 Å². The van der Waals surface area contributed by atoms with Gasteiger partial charge in [0.25, 0.3) is 0 Å². The second-order valence-corrected chi connectivity index (χ2v) is 4.27. The first-order valence-corrected chi connectivity index (χ1v) is 5.70. The number of hydrogen-bond acceptors (Lipinski definition) is 2. The average molecular weight is 233 g/mol. The molecule has 0 amide bonds. The van der Waals surface area contributed by atoms with E-state index in [0.717, 1.165) is 29.9 Å². The second kappa shape index (κ2) is 5.10. The second-order valence-electron chi connectivity index (χ2n) is 4.27. The van der Waals surface area contributed by atoms with E-state index in [1.165, 1.54) is 12.1 Å². The molecular formula is C13H16FN3. The predicted molar refractivity (Wildman–Crippen MR) is 66.0 cm³/mol. The Morgan fingerprint density at radius 1 is 1.47 bits per heavy atom. The molecule has 2 aromatic rings. The maximum atomic E-state index is 13.1. The first kappa shape index (κ1) is 11.8. The molecule has 0 spiro atoms. The quantitative estimate of drug-likeness (QED) is 0.852. The first-order valence-electron chi connectivity index (χ1n) is 5.70. The highest BCUT2D eigenvalue weighted by atomic mass is 19.1. The van der Waals surface area contributed by atoms with E-state index < -0.39 is 0 Å². The van der Waals surface area contributed by atoms with Crippen LogP contribution >= 0.6 is 0 Å². The maximum Gasteiger partial charge on any atom is 0.123 e. The molecule has 2 rings (SSSR count). The lowest BCUT2D eigenvalue weighted by molar-refractivity contribution is 0.628. The Morgan fingerprint density at radius 2 is 2.29 bits per heavy atom. The number of aromatic amines is 1. The van der Waals surface area contributed by atoms with Gasteiger partial charge in [-0.25, -0.2) is 9.37 Å². The zero-order valence-electron chi connectivity index (χ0n) is 9.78. The standard InChI is InChI=1S/C13H16FN3/c1-9(15)5-6-13-16-8-12(17-13)10-3-2-4-11(14)7-10/h2-4,7-9H,5-6,15H2,1H3,(H,16,17). The van der Waals surface area contributed by atoms with Gasteiger partial charge < -0.3 is 10.7 Å². The summed E-state index contributed by atoms with van der Waals surface area (Å²) in [7, 11) is 0. The summed E-state index contributed by atoms with van der Waals surface area (Å²) >= 11 is 0. The number of aryl methyl sites for hydroxylation is 1. The minimum absolute atomic E-state index is 0.165. The zero-order chi connectivity index (χ0) is 12.3. The number of nitrogens with zero attached hydrogens (tertiary/aromatic N) is 1. The van der Waals surface area contributed by atoms with Crippen molar-refractivity contribution in [3.05, 3.63) is 42.1 Å². The predicted octanol–water partition coefficient (Wildman–Crippen LogP) is 2.50. The minimum atomic E-state index is -0.241. The molecule has 3 nitrogen and oxygen atoms in total. The third-order valence-corrected chi connectivity index (χ3v) is 2.60. The van der Waals surface area contributed by atoms with Gasteiger partial charge in [0.2, 0.25) is 0 Å². The van der Waals surface area contributed by atoms with Crippen LogP contribution in [-0.2, 0) is 6.42 Å². The van der Waals surface area contributed by atoms with Crippen LogP contribution in [0.2, 0.25) is 0 Å². The number of imidazole rings is 1. The molecule has 17 heavy (non-hydrogen) atoms. The molecule has 4 heteroatoms. The van der Waals surface area contributed by atoms with Gasteiger partial charge in [0, 0.05) is 18.0 Å². The normalized spacial score (nSPS) is 12.6. The van der Waals surface area contributed by atoms with Crippen LogP contribution in [0.25, 0.3) is 11.3 Å². The van der Waals surface area contributed by atoms with E-state index in [1.807, 2.05) is 13.0 Å². The maximum absolute atomic E-state index is 13.1. The fourth-order valence-corrected chi connectivity index (χ4v) is 1.66. The SMILES string of the molecule is CC(N)CCc1ncc(-c2cccc(F)c2)[nH]1. The van der Waals surface area contributed by atoms with Crippen LogP contribution in [-0.4, -0.2) is 16.0 Å². The molecular weight excluding hydrogens is 217 g/mol. The topological polar surface area (TPSA) is 54.7 Å².